The Hall–Kier alpha value is -0.960. The van der Waals surface area contributed by atoms with E-state index in [0.29, 0.717) is 23.7 Å². The van der Waals surface area contributed by atoms with E-state index in [1.165, 1.54) is 4.90 Å². The number of carbonyl (C=O) groups excluding carboxylic acids is 1. The van der Waals surface area contributed by atoms with Crippen molar-refractivity contribution in [3.05, 3.63) is 30.3 Å². The third-order valence-electron chi connectivity index (χ3n) is 9.67. The molecule has 5 aliphatic rings. The molecule has 12 atom stereocenters. The fraction of sp³-hybridized carbons (Fsp3) is 0.774. The standard InChI is InChI=1S/C31H45NO5S/c1-18-12-25-28-26(16-31(37-28)22(5)11-19(2)17-32-31)36-30(14-18,35-25)15-24(33)27-20(3)13-21(4)29(34-27)38-23-9-7-6-8-10-23/h6-10,18-22,25-29,32H,11-17H2,1-5H3/t18-,19+,20-,21+,22-,25+,26+,27+,28+,29+,30-,31-/m1/s1. The lowest BCUT2D eigenvalue weighted by atomic mass is 9.80. The average molecular weight is 544 g/mol. The molecule has 7 heteroatoms. The van der Waals surface area contributed by atoms with Crippen molar-refractivity contribution in [1.82, 2.24) is 5.32 Å². The van der Waals surface area contributed by atoms with E-state index in [9.17, 15) is 4.79 Å². The van der Waals surface area contributed by atoms with E-state index in [0.717, 1.165) is 38.6 Å². The van der Waals surface area contributed by atoms with Gasteiger partial charge in [-0.3, -0.25) is 10.1 Å². The molecule has 1 aromatic rings. The van der Waals surface area contributed by atoms with Crippen molar-refractivity contribution >= 4 is 17.5 Å². The fourth-order valence-corrected chi connectivity index (χ4v) is 9.00. The lowest BCUT2D eigenvalue weighted by Gasteiger charge is -2.51. The Morgan fingerprint density at radius 1 is 0.921 bits per heavy atom. The number of piperidine rings is 1. The number of carbonyl (C=O) groups is 1. The van der Waals surface area contributed by atoms with Crippen LogP contribution in [0.25, 0.3) is 0 Å². The molecule has 0 amide bonds. The van der Waals surface area contributed by atoms with E-state index in [1.807, 2.05) is 18.2 Å². The number of rotatable bonds is 5. The van der Waals surface area contributed by atoms with Crippen LogP contribution in [0.1, 0.15) is 73.1 Å². The van der Waals surface area contributed by atoms with Crippen LogP contribution in [0.4, 0.5) is 0 Å². The summed E-state index contributed by atoms with van der Waals surface area (Å²) in [5, 5.41) is 3.73. The van der Waals surface area contributed by atoms with Gasteiger partial charge in [0.2, 0.25) is 0 Å². The van der Waals surface area contributed by atoms with Gasteiger partial charge in [-0.15, -0.1) is 0 Å². The highest BCUT2D eigenvalue weighted by atomic mass is 32.2. The molecule has 5 heterocycles. The van der Waals surface area contributed by atoms with Crippen LogP contribution in [0.3, 0.4) is 0 Å². The molecule has 38 heavy (non-hydrogen) atoms. The first kappa shape index (κ1) is 27.2. The molecular weight excluding hydrogens is 498 g/mol. The summed E-state index contributed by atoms with van der Waals surface area (Å²) >= 11 is 1.72. The zero-order chi connectivity index (χ0) is 26.7. The number of benzene rings is 1. The average Bonchev–Trinajstić information content (AvgIpc) is 3.23. The zero-order valence-corrected chi connectivity index (χ0v) is 24.4. The van der Waals surface area contributed by atoms with Crippen molar-refractivity contribution in [2.75, 3.05) is 6.54 Å². The van der Waals surface area contributed by atoms with Crippen molar-refractivity contribution in [3.63, 3.8) is 0 Å². The number of thioether (sulfide) groups is 1. The van der Waals surface area contributed by atoms with Gasteiger partial charge in [-0.1, -0.05) is 64.6 Å². The molecule has 5 fully saturated rings. The highest BCUT2D eigenvalue weighted by Gasteiger charge is 2.62. The maximum Gasteiger partial charge on any atom is 0.176 e. The summed E-state index contributed by atoms with van der Waals surface area (Å²) in [6.45, 7) is 12.2. The predicted octanol–water partition coefficient (Wildman–Crippen LogP) is 5.79. The molecule has 6 rings (SSSR count). The van der Waals surface area contributed by atoms with Crippen molar-refractivity contribution in [3.8, 4) is 0 Å². The number of nitrogens with one attached hydrogen (secondary N) is 1. The molecule has 5 saturated heterocycles. The number of hydrogen-bond donors (Lipinski definition) is 1. The molecule has 0 saturated carbocycles. The van der Waals surface area contributed by atoms with Crippen LogP contribution in [-0.4, -0.2) is 53.7 Å². The Kier molecular flexibility index (Phi) is 7.49. The SMILES string of the molecule is C[C@@H]1CN[C@@]2(C[C@@H]3O[C@@]4(CC(=O)[C@H]5O[C@@H](Sc6ccccc6)[C@@H](C)C[C@H]5C)C[C@H](C)C[C@H](O4)[C@@H]3O2)[C@H](C)C1. The van der Waals surface area contributed by atoms with Crippen molar-refractivity contribution in [2.45, 2.75) is 119 Å². The summed E-state index contributed by atoms with van der Waals surface area (Å²) in [6, 6.07) is 10.3. The van der Waals surface area contributed by atoms with Crippen LogP contribution in [0.2, 0.25) is 0 Å². The molecule has 5 aliphatic heterocycles. The summed E-state index contributed by atoms with van der Waals surface area (Å²) in [5.41, 5.74) is -0.393. The molecule has 2 bridgehead atoms. The molecule has 1 spiro atoms. The van der Waals surface area contributed by atoms with Gasteiger partial charge in [0.25, 0.3) is 0 Å². The van der Waals surface area contributed by atoms with Gasteiger partial charge in [0.1, 0.15) is 23.4 Å². The maximum atomic E-state index is 13.9. The van der Waals surface area contributed by atoms with Gasteiger partial charge in [-0.25, -0.2) is 0 Å². The smallest absolute Gasteiger partial charge is 0.176 e. The van der Waals surface area contributed by atoms with E-state index in [1.54, 1.807) is 11.8 Å². The molecular formula is C31H45NO5S. The van der Waals surface area contributed by atoms with E-state index in [-0.39, 0.29) is 47.6 Å². The second-order valence-corrected chi connectivity index (χ2v) is 14.4. The van der Waals surface area contributed by atoms with E-state index in [2.05, 4.69) is 52.1 Å². The van der Waals surface area contributed by atoms with Crippen LogP contribution in [0.5, 0.6) is 0 Å². The quantitative estimate of drug-likeness (QED) is 0.505. The molecule has 0 radical (unpaired) electrons. The molecule has 6 nitrogen and oxygen atoms in total. The van der Waals surface area contributed by atoms with Crippen molar-refractivity contribution in [2.24, 2.45) is 29.6 Å². The van der Waals surface area contributed by atoms with Gasteiger partial charge in [0.05, 0.1) is 18.6 Å². The normalized spacial score (nSPS) is 48.6. The third kappa shape index (κ3) is 5.12. The minimum Gasteiger partial charge on any atom is -0.356 e. The highest BCUT2D eigenvalue weighted by Crippen LogP contribution is 2.52. The second-order valence-electron chi connectivity index (χ2n) is 13.3. The monoisotopic (exact) mass is 543 g/mol. The molecule has 1 N–H and O–H groups in total. The number of Topliss-reactive ketones (excluding diaryl/α,β-unsaturated/α-hetero) is 1. The van der Waals surface area contributed by atoms with Gasteiger partial charge in [0.15, 0.2) is 11.6 Å². The van der Waals surface area contributed by atoms with Gasteiger partial charge >= 0.3 is 0 Å². The number of fused-ring (bicyclic) bond motifs is 4. The summed E-state index contributed by atoms with van der Waals surface area (Å²) in [7, 11) is 0. The summed E-state index contributed by atoms with van der Waals surface area (Å²) in [6.07, 6.45) is 4.27. The molecule has 1 aromatic carbocycles. The minimum atomic E-state index is -0.880. The Labute approximate surface area is 232 Å². The lowest BCUT2D eigenvalue weighted by molar-refractivity contribution is -0.363. The zero-order valence-electron chi connectivity index (χ0n) is 23.6. The summed E-state index contributed by atoms with van der Waals surface area (Å²) < 4.78 is 26.8. The number of ketones is 1. The summed E-state index contributed by atoms with van der Waals surface area (Å²) in [5.74, 6) is 1.24. The number of ether oxygens (including phenoxy) is 4. The van der Waals surface area contributed by atoms with Crippen LogP contribution in [0, 0.1) is 29.6 Å². The predicted molar refractivity (Wildman–Crippen MR) is 148 cm³/mol. The van der Waals surface area contributed by atoms with Crippen molar-refractivity contribution < 1.29 is 23.7 Å². The first-order valence-electron chi connectivity index (χ1n) is 14.8. The number of hydrogen-bond acceptors (Lipinski definition) is 7. The Morgan fingerprint density at radius 3 is 2.45 bits per heavy atom. The fourth-order valence-electron chi connectivity index (χ4n) is 7.90. The van der Waals surface area contributed by atoms with Crippen LogP contribution in [0.15, 0.2) is 35.2 Å². The van der Waals surface area contributed by atoms with Crippen molar-refractivity contribution in [1.29, 1.82) is 0 Å². The maximum absolute atomic E-state index is 13.9. The molecule has 0 aromatic heterocycles. The van der Waals surface area contributed by atoms with Gasteiger partial charge in [-0.05, 0) is 61.0 Å². The lowest BCUT2D eigenvalue weighted by Crippen LogP contribution is -2.60. The first-order chi connectivity index (χ1) is 18.2. The van der Waals surface area contributed by atoms with Crippen LogP contribution >= 0.6 is 11.8 Å². The van der Waals surface area contributed by atoms with Gasteiger partial charge in [0, 0.05) is 24.3 Å². The molecule has 0 unspecified atom stereocenters. The molecule has 0 aliphatic carbocycles. The Balaban J connectivity index is 1.17. The van der Waals surface area contributed by atoms with Gasteiger partial charge in [-0.2, -0.15) is 0 Å². The van der Waals surface area contributed by atoms with Gasteiger partial charge < -0.3 is 18.9 Å². The minimum absolute atomic E-state index is 0.0378. The van der Waals surface area contributed by atoms with E-state index < -0.39 is 11.9 Å². The topological polar surface area (TPSA) is 66.0 Å². The molecule has 210 valence electrons. The second kappa shape index (κ2) is 10.5. The Morgan fingerprint density at radius 2 is 1.68 bits per heavy atom. The first-order valence-corrected chi connectivity index (χ1v) is 15.7. The Bertz CT molecular complexity index is 1010. The van der Waals surface area contributed by atoms with E-state index >= 15 is 0 Å². The van der Waals surface area contributed by atoms with Crippen LogP contribution in [-0.2, 0) is 23.7 Å². The van der Waals surface area contributed by atoms with Crippen LogP contribution < -0.4 is 5.32 Å². The summed E-state index contributed by atoms with van der Waals surface area (Å²) in [4.78, 5) is 15.1. The third-order valence-corrected chi connectivity index (χ3v) is 11.0. The largest absolute Gasteiger partial charge is 0.356 e. The van der Waals surface area contributed by atoms with E-state index in [4.69, 9.17) is 18.9 Å². The highest BCUT2D eigenvalue weighted by molar-refractivity contribution is 7.99.